The van der Waals surface area contributed by atoms with Crippen LogP contribution in [0.2, 0.25) is 0 Å². The van der Waals surface area contributed by atoms with Crippen molar-refractivity contribution in [1.82, 2.24) is 10.6 Å². The Morgan fingerprint density at radius 3 is 2.78 bits per heavy atom. The molecule has 1 aliphatic heterocycles. The fraction of sp³-hybridized carbons (Fsp3) is 0.462. The van der Waals surface area contributed by atoms with Gasteiger partial charge in [-0.15, -0.1) is 0 Å². The number of carbonyl (C=O) groups excluding carboxylic acids is 1. The second-order valence-electron chi connectivity index (χ2n) is 4.12. The smallest absolute Gasteiger partial charge is 0.315 e. The van der Waals surface area contributed by atoms with E-state index in [1.807, 2.05) is 53.9 Å². The molecule has 1 aliphatic rings. The highest BCUT2D eigenvalue weighted by Gasteiger charge is 2.14. The molecule has 1 unspecified atom stereocenters. The van der Waals surface area contributed by atoms with Crippen LogP contribution < -0.4 is 10.6 Å². The molecule has 1 heterocycles. The molecule has 0 saturated carbocycles. The number of benzene rings is 1. The summed E-state index contributed by atoms with van der Waals surface area (Å²) in [6.45, 7) is 1.34. The number of hydrogen-bond donors (Lipinski definition) is 2. The number of amides is 2. The molecule has 0 spiro atoms. The molecule has 98 valence electrons. The van der Waals surface area contributed by atoms with E-state index in [4.69, 9.17) is 0 Å². The van der Waals surface area contributed by atoms with E-state index in [0.29, 0.717) is 11.8 Å². The normalized spacial score (nSPS) is 19.2. The third-order valence-corrected chi connectivity index (χ3v) is 5.52. The largest absolute Gasteiger partial charge is 0.337 e. The Labute approximate surface area is 116 Å². The molecule has 1 saturated heterocycles. The summed E-state index contributed by atoms with van der Waals surface area (Å²) in [6, 6.07) is 9.87. The Bertz CT molecular complexity index is 367. The Morgan fingerprint density at radius 2 is 2.06 bits per heavy atom. The second kappa shape index (κ2) is 7.59. The first kappa shape index (κ1) is 13.6. The molecule has 1 aromatic rings. The molecule has 1 atom stereocenters. The summed E-state index contributed by atoms with van der Waals surface area (Å²) in [6.07, 6.45) is 0. The van der Waals surface area contributed by atoms with Crippen LogP contribution in [0.3, 0.4) is 0 Å². The monoisotopic (exact) mass is 282 g/mol. The van der Waals surface area contributed by atoms with Crippen molar-refractivity contribution in [3.8, 4) is 0 Å². The Balaban J connectivity index is 1.63. The van der Waals surface area contributed by atoms with Gasteiger partial charge in [-0.1, -0.05) is 30.3 Å². The van der Waals surface area contributed by atoms with Gasteiger partial charge in [0.05, 0.1) is 0 Å². The maximum absolute atomic E-state index is 11.6. The van der Waals surface area contributed by atoms with Gasteiger partial charge in [-0.2, -0.15) is 23.5 Å². The number of urea groups is 1. The van der Waals surface area contributed by atoms with Gasteiger partial charge in [0.25, 0.3) is 0 Å². The van der Waals surface area contributed by atoms with E-state index < -0.39 is 0 Å². The zero-order valence-electron chi connectivity index (χ0n) is 10.2. The minimum atomic E-state index is -0.0740. The topological polar surface area (TPSA) is 41.1 Å². The van der Waals surface area contributed by atoms with E-state index >= 15 is 0 Å². The molecule has 3 nitrogen and oxygen atoms in total. The molecule has 2 amide bonds. The van der Waals surface area contributed by atoms with Crippen molar-refractivity contribution in [3.63, 3.8) is 0 Å². The van der Waals surface area contributed by atoms with Crippen molar-refractivity contribution in [2.24, 2.45) is 0 Å². The molecule has 1 fully saturated rings. The van der Waals surface area contributed by atoms with Crippen LogP contribution in [0.5, 0.6) is 0 Å². The summed E-state index contributed by atoms with van der Waals surface area (Å²) in [7, 11) is 0. The first-order valence-electron chi connectivity index (χ1n) is 6.09. The molecule has 1 aromatic carbocycles. The first-order valence-corrected chi connectivity index (χ1v) is 8.30. The van der Waals surface area contributed by atoms with Crippen molar-refractivity contribution in [2.45, 2.75) is 11.8 Å². The molecule has 2 rings (SSSR count). The van der Waals surface area contributed by atoms with E-state index in [-0.39, 0.29) is 6.03 Å². The van der Waals surface area contributed by atoms with Crippen molar-refractivity contribution in [3.05, 3.63) is 35.9 Å². The number of carbonyl (C=O) groups is 1. The fourth-order valence-corrected chi connectivity index (χ4v) is 4.31. The van der Waals surface area contributed by atoms with Gasteiger partial charge >= 0.3 is 6.03 Å². The number of rotatable bonds is 4. The van der Waals surface area contributed by atoms with E-state index in [1.54, 1.807) is 0 Å². The molecule has 0 aromatic heterocycles. The quantitative estimate of drug-likeness (QED) is 0.890. The summed E-state index contributed by atoms with van der Waals surface area (Å²) >= 11 is 3.93. The van der Waals surface area contributed by atoms with Gasteiger partial charge in [-0.25, -0.2) is 4.79 Å². The molecule has 0 bridgehead atoms. The van der Waals surface area contributed by atoms with Gasteiger partial charge in [-0.3, -0.25) is 0 Å². The van der Waals surface area contributed by atoms with Crippen molar-refractivity contribution < 1.29 is 4.79 Å². The molecule has 5 heteroatoms. The van der Waals surface area contributed by atoms with Crippen molar-refractivity contribution in [1.29, 1.82) is 0 Å². The van der Waals surface area contributed by atoms with Crippen LogP contribution in [0.15, 0.2) is 30.3 Å². The lowest BCUT2D eigenvalue weighted by Gasteiger charge is -2.21. The van der Waals surface area contributed by atoms with Gasteiger partial charge in [-0.05, 0) is 5.56 Å². The van der Waals surface area contributed by atoms with Gasteiger partial charge in [0.2, 0.25) is 0 Å². The van der Waals surface area contributed by atoms with Crippen LogP contribution in [0, 0.1) is 0 Å². The standard InChI is InChI=1S/C13H18N2OS2/c16-13(14-8-11-4-2-1-3-5-11)15-9-12-10-17-6-7-18-12/h1-5,12H,6-10H2,(H2,14,15,16). The molecule has 0 radical (unpaired) electrons. The number of hydrogen-bond acceptors (Lipinski definition) is 3. The lowest BCUT2D eigenvalue weighted by Crippen LogP contribution is -2.39. The maximum Gasteiger partial charge on any atom is 0.315 e. The summed E-state index contributed by atoms with van der Waals surface area (Å²) in [4.78, 5) is 11.6. The van der Waals surface area contributed by atoms with Gasteiger partial charge in [0.1, 0.15) is 0 Å². The van der Waals surface area contributed by atoms with E-state index in [2.05, 4.69) is 10.6 Å². The number of nitrogens with one attached hydrogen (secondary N) is 2. The fourth-order valence-electron chi connectivity index (χ4n) is 1.70. The van der Waals surface area contributed by atoms with E-state index in [9.17, 15) is 4.79 Å². The lowest BCUT2D eigenvalue weighted by molar-refractivity contribution is 0.240. The predicted octanol–water partition coefficient (Wildman–Crippen LogP) is 2.33. The second-order valence-corrected chi connectivity index (χ2v) is 6.67. The van der Waals surface area contributed by atoms with Crippen molar-refractivity contribution in [2.75, 3.05) is 23.8 Å². The maximum atomic E-state index is 11.6. The third-order valence-electron chi connectivity index (χ3n) is 2.67. The summed E-state index contributed by atoms with van der Waals surface area (Å²) in [5, 5.41) is 6.37. The first-order chi connectivity index (χ1) is 8.84. The Hall–Kier alpha value is -0.810. The summed E-state index contributed by atoms with van der Waals surface area (Å²) in [5.41, 5.74) is 1.12. The van der Waals surface area contributed by atoms with Crippen LogP contribution in [-0.2, 0) is 6.54 Å². The zero-order chi connectivity index (χ0) is 12.6. The highest BCUT2D eigenvalue weighted by molar-refractivity contribution is 8.06. The lowest BCUT2D eigenvalue weighted by atomic mass is 10.2. The third kappa shape index (κ3) is 4.82. The van der Waals surface area contributed by atoms with Gasteiger partial charge in [0.15, 0.2) is 0 Å². The van der Waals surface area contributed by atoms with Gasteiger partial charge < -0.3 is 10.6 Å². The molecule has 2 N–H and O–H groups in total. The van der Waals surface area contributed by atoms with Crippen LogP contribution in [0.25, 0.3) is 0 Å². The average molecular weight is 282 g/mol. The summed E-state index contributed by atoms with van der Waals surface area (Å²) in [5.74, 6) is 3.58. The SMILES string of the molecule is O=C(NCc1ccccc1)NCC1CSCCS1. The van der Waals surface area contributed by atoms with Crippen LogP contribution in [0.4, 0.5) is 4.79 Å². The average Bonchev–Trinajstić information content (AvgIpc) is 2.45. The van der Waals surface area contributed by atoms with Gasteiger partial charge in [0, 0.05) is 35.6 Å². The zero-order valence-corrected chi connectivity index (χ0v) is 11.9. The molecular weight excluding hydrogens is 264 g/mol. The molecule has 18 heavy (non-hydrogen) atoms. The van der Waals surface area contributed by atoms with Crippen LogP contribution in [0.1, 0.15) is 5.56 Å². The van der Waals surface area contributed by atoms with Crippen molar-refractivity contribution >= 4 is 29.6 Å². The van der Waals surface area contributed by atoms with Crippen LogP contribution in [-0.4, -0.2) is 35.1 Å². The van der Waals surface area contributed by atoms with E-state index in [0.717, 1.165) is 17.9 Å². The Kier molecular flexibility index (Phi) is 5.74. The molecule has 0 aliphatic carbocycles. The van der Waals surface area contributed by atoms with E-state index in [1.165, 1.54) is 11.5 Å². The highest BCUT2D eigenvalue weighted by Crippen LogP contribution is 2.23. The van der Waals surface area contributed by atoms with Crippen LogP contribution >= 0.6 is 23.5 Å². The predicted molar refractivity (Wildman–Crippen MR) is 80.3 cm³/mol. The molecular formula is C13H18N2OS2. The highest BCUT2D eigenvalue weighted by atomic mass is 32.2. The minimum absolute atomic E-state index is 0.0740. The Morgan fingerprint density at radius 1 is 1.22 bits per heavy atom. The minimum Gasteiger partial charge on any atom is -0.337 e. The number of thioether (sulfide) groups is 2. The summed E-state index contributed by atoms with van der Waals surface area (Å²) < 4.78 is 0.